The first-order chi connectivity index (χ1) is 18.1. The molecule has 0 unspecified atom stereocenters. The molecular formula is C27H30N8O2S. The third kappa shape index (κ3) is 5.45. The number of aromatic nitrogens is 5. The number of nitriles is 1. The van der Waals surface area contributed by atoms with Crippen LogP contribution < -0.4 is 10.6 Å². The number of anilines is 1. The van der Waals surface area contributed by atoms with Crippen molar-refractivity contribution in [2.24, 2.45) is 0 Å². The zero-order valence-corrected chi connectivity index (χ0v) is 22.8. The molecule has 1 amide bonds. The molecule has 1 aliphatic rings. The van der Waals surface area contributed by atoms with Gasteiger partial charge in [-0.3, -0.25) is 4.98 Å². The molecule has 0 aromatic carbocycles. The lowest BCUT2D eigenvalue weighted by atomic mass is 9.81. The lowest BCUT2D eigenvalue weighted by molar-refractivity contribution is 0.0471. The van der Waals surface area contributed by atoms with Gasteiger partial charge in [-0.15, -0.1) is 10.2 Å². The predicted molar refractivity (Wildman–Crippen MR) is 146 cm³/mol. The summed E-state index contributed by atoms with van der Waals surface area (Å²) >= 11 is 1.56. The van der Waals surface area contributed by atoms with E-state index in [1.54, 1.807) is 28.1 Å². The van der Waals surface area contributed by atoms with Gasteiger partial charge in [-0.1, -0.05) is 11.3 Å². The average Bonchev–Trinajstić information content (AvgIpc) is 3.46. The van der Waals surface area contributed by atoms with Crippen molar-refractivity contribution in [3.05, 3.63) is 47.2 Å². The van der Waals surface area contributed by atoms with E-state index in [9.17, 15) is 4.79 Å². The summed E-state index contributed by atoms with van der Waals surface area (Å²) in [5, 5.41) is 30.7. The fourth-order valence-electron chi connectivity index (χ4n) is 4.37. The van der Waals surface area contributed by atoms with E-state index in [2.05, 4.69) is 45.8 Å². The van der Waals surface area contributed by atoms with Crippen LogP contribution in [-0.4, -0.2) is 48.6 Å². The van der Waals surface area contributed by atoms with Crippen LogP contribution in [0.1, 0.15) is 63.9 Å². The van der Waals surface area contributed by atoms with Gasteiger partial charge in [-0.2, -0.15) is 10.4 Å². The van der Waals surface area contributed by atoms with E-state index in [-0.39, 0.29) is 24.1 Å². The minimum atomic E-state index is -0.515. The van der Waals surface area contributed by atoms with E-state index in [0.717, 1.165) is 51.0 Å². The van der Waals surface area contributed by atoms with Gasteiger partial charge >= 0.3 is 6.09 Å². The second-order valence-electron chi connectivity index (χ2n) is 10.8. The van der Waals surface area contributed by atoms with Crippen molar-refractivity contribution >= 4 is 28.6 Å². The molecule has 5 rings (SSSR count). The molecule has 1 saturated carbocycles. The summed E-state index contributed by atoms with van der Waals surface area (Å²) in [7, 11) is 0. The van der Waals surface area contributed by atoms with Crippen LogP contribution in [0, 0.1) is 11.3 Å². The Hall–Kier alpha value is -4.04. The molecule has 1 aliphatic carbocycles. The van der Waals surface area contributed by atoms with Gasteiger partial charge in [0.1, 0.15) is 16.7 Å². The molecule has 0 bridgehead atoms. The largest absolute Gasteiger partial charge is 0.444 e. The highest BCUT2D eigenvalue weighted by atomic mass is 32.1. The SMILES string of the molecule is CC(C)Nc1cc(-c2ccc3cc(C#N)cnn23)ncc1-c1nnc(C2CC(NC(=O)OC(C)(C)C)C2)s1. The third-order valence-electron chi connectivity index (χ3n) is 6.12. The van der Waals surface area contributed by atoms with Crippen LogP contribution in [0.5, 0.6) is 0 Å². The molecule has 0 saturated heterocycles. The second kappa shape index (κ2) is 10.0. The van der Waals surface area contributed by atoms with Crippen molar-refractivity contribution < 1.29 is 9.53 Å². The van der Waals surface area contributed by atoms with Crippen LogP contribution in [0.2, 0.25) is 0 Å². The molecule has 38 heavy (non-hydrogen) atoms. The number of carbonyl (C=O) groups excluding carboxylic acids is 1. The van der Waals surface area contributed by atoms with E-state index in [1.165, 1.54) is 0 Å². The number of amides is 1. The third-order valence-corrected chi connectivity index (χ3v) is 7.24. The fraction of sp³-hybridized carbons (Fsp3) is 0.407. The number of hydrogen-bond donors (Lipinski definition) is 2. The highest BCUT2D eigenvalue weighted by molar-refractivity contribution is 7.14. The molecule has 1 fully saturated rings. The molecule has 4 heterocycles. The Morgan fingerprint density at radius 2 is 2.00 bits per heavy atom. The summed E-state index contributed by atoms with van der Waals surface area (Å²) in [6, 6.07) is 10.1. The Labute approximate surface area is 225 Å². The van der Waals surface area contributed by atoms with Crippen LogP contribution in [0.3, 0.4) is 0 Å². The zero-order valence-electron chi connectivity index (χ0n) is 22.0. The summed E-state index contributed by atoms with van der Waals surface area (Å²) < 4.78 is 7.14. The molecule has 10 nitrogen and oxygen atoms in total. The molecule has 0 spiro atoms. The van der Waals surface area contributed by atoms with Crippen molar-refractivity contribution in [3.8, 4) is 28.0 Å². The fourth-order valence-corrected chi connectivity index (χ4v) is 5.36. The van der Waals surface area contributed by atoms with E-state index in [0.29, 0.717) is 5.56 Å². The van der Waals surface area contributed by atoms with Crippen molar-refractivity contribution in [2.45, 2.75) is 71.1 Å². The predicted octanol–water partition coefficient (Wildman–Crippen LogP) is 5.38. The summed E-state index contributed by atoms with van der Waals surface area (Å²) in [4.78, 5) is 16.8. The number of nitrogens with one attached hydrogen (secondary N) is 2. The first-order valence-electron chi connectivity index (χ1n) is 12.6. The Morgan fingerprint density at radius 3 is 2.71 bits per heavy atom. The minimum Gasteiger partial charge on any atom is -0.444 e. The van der Waals surface area contributed by atoms with Gasteiger partial charge in [-0.25, -0.2) is 9.31 Å². The van der Waals surface area contributed by atoms with Gasteiger partial charge in [0, 0.05) is 29.9 Å². The molecule has 4 aromatic heterocycles. The molecule has 4 aromatic rings. The van der Waals surface area contributed by atoms with Crippen molar-refractivity contribution in [1.82, 2.24) is 30.1 Å². The summed E-state index contributed by atoms with van der Waals surface area (Å²) in [6.07, 6.45) is 4.61. The van der Waals surface area contributed by atoms with Gasteiger partial charge in [0.2, 0.25) is 0 Å². The normalized spacial score (nSPS) is 17.2. The Bertz CT molecular complexity index is 1520. The van der Waals surface area contributed by atoms with Crippen LogP contribution in [0.25, 0.3) is 27.5 Å². The van der Waals surface area contributed by atoms with Gasteiger partial charge in [0.15, 0.2) is 5.01 Å². The van der Waals surface area contributed by atoms with Gasteiger partial charge < -0.3 is 15.4 Å². The quantitative estimate of drug-likeness (QED) is 0.340. The van der Waals surface area contributed by atoms with Crippen LogP contribution >= 0.6 is 11.3 Å². The highest BCUT2D eigenvalue weighted by Gasteiger charge is 2.35. The molecule has 0 atom stereocenters. The summed E-state index contributed by atoms with van der Waals surface area (Å²) in [5.41, 5.74) is 4.21. The number of carbonyl (C=O) groups is 1. The summed E-state index contributed by atoms with van der Waals surface area (Å²) in [6.45, 7) is 9.72. The minimum absolute atomic E-state index is 0.0797. The van der Waals surface area contributed by atoms with Crippen molar-refractivity contribution in [1.29, 1.82) is 5.26 Å². The van der Waals surface area contributed by atoms with E-state index in [1.807, 2.05) is 45.2 Å². The number of hydrogen-bond acceptors (Lipinski definition) is 9. The van der Waals surface area contributed by atoms with Gasteiger partial charge in [0.25, 0.3) is 0 Å². The maximum Gasteiger partial charge on any atom is 0.407 e. The summed E-state index contributed by atoms with van der Waals surface area (Å²) in [5.74, 6) is 0.256. The average molecular weight is 531 g/mol. The van der Waals surface area contributed by atoms with E-state index in [4.69, 9.17) is 15.0 Å². The smallest absolute Gasteiger partial charge is 0.407 e. The lowest BCUT2D eigenvalue weighted by Gasteiger charge is -2.34. The lowest BCUT2D eigenvalue weighted by Crippen LogP contribution is -2.45. The Morgan fingerprint density at radius 1 is 1.21 bits per heavy atom. The van der Waals surface area contributed by atoms with Crippen LogP contribution in [0.4, 0.5) is 10.5 Å². The molecule has 2 N–H and O–H groups in total. The second-order valence-corrected chi connectivity index (χ2v) is 11.8. The number of alkyl carbamates (subject to hydrolysis) is 1. The standard InChI is InChI=1S/C27H30N8O2S/c1-15(2)31-21-11-22(23-7-6-19-8-16(12-28)13-30-35(19)23)29-14-20(21)25-34-33-24(38-25)17-9-18(10-17)32-26(36)37-27(3,4)5/h6-8,11,13-15,17-18H,9-10H2,1-5H3,(H,29,31)(H,32,36). The number of rotatable bonds is 6. The molecule has 0 radical (unpaired) electrons. The van der Waals surface area contributed by atoms with Crippen molar-refractivity contribution in [2.75, 3.05) is 5.32 Å². The number of ether oxygens (including phenoxy) is 1. The molecule has 0 aliphatic heterocycles. The van der Waals surface area contributed by atoms with E-state index < -0.39 is 5.60 Å². The topological polar surface area (TPSA) is 130 Å². The Kier molecular flexibility index (Phi) is 6.75. The molecule has 196 valence electrons. The Balaban J connectivity index is 1.35. The monoisotopic (exact) mass is 530 g/mol. The van der Waals surface area contributed by atoms with Crippen LogP contribution in [-0.2, 0) is 4.74 Å². The van der Waals surface area contributed by atoms with Crippen molar-refractivity contribution in [3.63, 3.8) is 0 Å². The first-order valence-corrected chi connectivity index (χ1v) is 13.4. The number of fused-ring (bicyclic) bond motifs is 1. The van der Waals surface area contributed by atoms with Crippen LogP contribution in [0.15, 0.2) is 36.7 Å². The van der Waals surface area contributed by atoms with Gasteiger partial charge in [-0.05, 0) is 71.7 Å². The number of nitrogens with zero attached hydrogens (tertiary/aromatic N) is 6. The highest BCUT2D eigenvalue weighted by Crippen LogP contribution is 2.41. The maximum atomic E-state index is 12.0. The molecule has 11 heteroatoms. The molecular weight excluding hydrogens is 500 g/mol. The zero-order chi connectivity index (χ0) is 27.0. The van der Waals surface area contributed by atoms with E-state index >= 15 is 0 Å². The maximum absolute atomic E-state index is 12.0. The first kappa shape index (κ1) is 25.6. The number of pyridine rings is 1. The van der Waals surface area contributed by atoms with Gasteiger partial charge in [0.05, 0.1) is 34.2 Å².